The number of aryl methyl sites for hydroxylation is 1. The van der Waals surface area contributed by atoms with E-state index >= 15 is 0 Å². The van der Waals surface area contributed by atoms with E-state index in [4.69, 9.17) is 16.6 Å². The van der Waals surface area contributed by atoms with Crippen LogP contribution in [0.15, 0.2) is 33.3 Å². The van der Waals surface area contributed by atoms with E-state index in [1.165, 1.54) is 16.7 Å². The number of benzene rings is 1. The third kappa shape index (κ3) is 5.38. The molecule has 1 aromatic heterocycles. The topological polar surface area (TPSA) is 56.8 Å². The monoisotopic (exact) mass is 636 g/mol. The van der Waals surface area contributed by atoms with Crippen LogP contribution in [0.3, 0.4) is 0 Å². The summed E-state index contributed by atoms with van der Waals surface area (Å²) >= 11 is 13.8. The van der Waals surface area contributed by atoms with Gasteiger partial charge >= 0.3 is 0 Å². The summed E-state index contributed by atoms with van der Waals surface area (Å²) in [6, 6.07) is 6.34. The summed E-state index contributed by atoms with van der Waals surface area (Å²) in [6.45, 7) is 6.20. The minimum Gasteiger partial charge on any atom is -0.343 e. The lowest BCUT2D eigenvalue weighted by Gasteiger charge is -2.40. The fourth-order valence-corrected chi connectivity index (χ4v) is 7.01. The third-order valence-corrected chi connectivity index (χ3v) is 9.84. The molecule has 0 unspecified atom stereocenters. The highest BCUT2D eigenvalue weighted by Gasteiger charge is 2.34. The number of halogens is 3. The standard InChI is InChI=1S/C27H31Br2ClN4O2/c1-17(35)32-8-6-18(7-9-32)14-24(36)33-10-12-34(13-11-33)27-22-4-5-23(30)25(29)21(22)3-2-19-15-20(28)16-31-26(19)27/h4-5,15-16,18,27H,2-3,6-14H2,1H3/t27-/m1/s1. The molecule has 0 bridgehead atoms. The van der Waals surface area contributed by atoms with E-state index in [0.29, 0.717) is 12.3 Å². The second-order valence-corrected chi connectivity index (χ2v) is 12.2. The van der Waals surface area contributed by atoms with Gasteiger partial charge in [-0.3, -0.25) is 19.5 Å². The molecule has 36 heavy (non-hydrogen) atoms. The van der Waals surface area contributed by atoms with Crippen LogP contribution in [-0.2, 0) is 22.4 Å². The molecular weight excluding hydrogens is 608 g/mol. The predicted molar refractivity (Wildman–Crippen MR) is 148 cm³/mol. The first-order valence-corrected chi connectivity index (χ1v) is 14.7. The second kappa shape index (κ2) is 11.1. The van der Waals surface area contributed by atoms with Crippen molar-refractivity contribution >= 4 is 55.3 Å². The third-order valence-electron chi connectivity index (χ3n) is 7.95. The fourth-order valence-electron chi connectivity index (χ4n) is 5.89. The molecule has 2 aliphatic heterocycles. The van der Waals surface area contributed by atoms with Crippen LogP contribution in [0.4, 0.5) is 0 Å². The lowest BCUT2D eigenvalue weighted by atomic mass is 9.92. The van der Waals surface area contributed by atoms with Crippen molar-refractivity contribution in [3.8, 4) is 0 Å². The van der Waals surface area contributed by atoms with Crippen molar-refractivity contribution in [3.63, 3.8) is 0 Å². The van der Waals surface area contributed by atoms with Gasteiger partial charge in [0.15, 0.2) is 0 Å². The highest BCUT2D eigenvalue weighted by molar-refractivity contribution is 9.10. The Morgan fingerprint density at radius 2 is 1.75 bits per heavy atom. The maximum absolute atomic E-state index is 13.1. The minimum atomic E-state index is 0.0346. The number of hydrogen-bond acceptors (Lipinski definition) is 4. The van der Waals surface area contributed by atoms with Gasteiger partial charge in [-0.05, 0) is 92.3 Å². The molecular formula is C27H31Br2ClN4O2. The number of piperazine rings is 1. The number of hydrogen-bond donors (Lipinski definition) is 0. The van der Waals surface area contributed by atoms with Crippen molar-refractivity contribution in [1.29, 1.82) is 0 Å². The number of pyridine rings is 1. The predicted octanol–water partition coefficient (Wildman–Crippen LogP) is 5.24. The Kier molecular flexibility index (Phi) is 8.06. The molecule has 1 aliphatic carbocycles. The average molecular weight is 639 g/mol. The molecule has 2 saturated heterocycles. The summed E-state index contributed by atoms with van der Waals surface area (Å²) in [5, 5.41) is 0.733. The lowest BCUT2D eigenvalue weighted by Crippen LogP contribution is -2.50. The Morgan fingerprint density at radius 1 is 1.03 bits per heavy atom. The maximum atomic E-state index is 13.1. The number of fused-ring (bicyclic) bond motifs is 2. The van der Waals surface area contributed by atoms with Crippen LogP contribution in [0.25, 0.3) is 0 Å². The molecule has 0 N–H and O–H groups in total. The second-order valence-electron chi connectivity index (χ2n) is 10.1. The Morgan fingerprint density at radius 3 is 2.44 bits per heavy atom. The van der Waals surface area contributed by atoms with Gasteiger partial charge in [-0.2, -0.15) is 0 Å². The van der Waals surface area contributed by atoms with Crippen LogP contribution in [0, 0.1) is 5.92 Å². The molecule has 192 valence electrons. The van der Waals surface area contributed by atoms with Crippen molar-refractivity contribution in [2.75, 3.05) is 39.3 Å². The Balaban J connectivity index is 1.30. The molecule has 2 aromatic rings. The SMILES string of the molecule is CC(=O)N1CCC(CC(=O)N2CCN([C@@H]3c4ccc(Cl)c(Br)c4CCc4cc(Br)cnc43)CC2)CC1. The summed E-state index contributed by atoms with van der Waals surface area (Å²) in [6.07, 6.45) is 6.12. The van der Waals surface area contributed by atoms with Gasteiger partial charge in [-0.15, -0.1) is 0 Å². The zero-order valence-electron chi connectivity index (χ0n) is 20.5. The first kappa shape index (κ1) is 26.1. The van der Waals surface area contributed by atoms with E-state index in [0.717, 1.165) is 84.6 Å². The number of piperidine rings is 1. The minimum absolute atomic E-state index is 0.0346. The number of carbonyl (C=O) groups excluding carboxylic acids is 2. The normalized spacial score (nSPS) is 21.1. The van der Waals surface area contributed by atoms with Gasteiger partial charge in [0.1, 0.15) is 0 Å². The van der Waals surface area contributed by atoms with Gasteiger partial charge in [0.2, 0.25) is 11.8 Å². The van der Waals surface area contributed by atoms with Crippen molar-refractivity contribution < 1.29 is 9.59 Å². The highest BCUT2D eigenvalue weighted by Crippen LogP contribution is 2.41. The van der Waals surface area contributed by atoms with Crippen molar-refractivity contribution in [3.05, 3.63) is 60.7 Å². The molecule has 3 heterocycles. The van der Waals surface area contributed by atoms with E-state index in [2.05, 4.69) is 48.9 Å². The van der Waals surface area contributed by atoms with Crippen molar-refractivity contribution in [2.24, 2.45) is 5.92 Å². The number of carbonyl (C=O) groups is 2. The summed E-state index contributed by atoms with van der Waals surface area (Å²) in [5.41, 5.74) is 4.85. The fraction of sp³-hybridized carbons (Fsp3) is 0.519. The van der Waals surface area contributed by atoms with Crippen LogP contribution in [0.1, 0.15) is 54.6 Å². The van der Waals surface area contributed by atoms with Crippen molar-refractivity contribution in [2.45, 2.75) is 45.1 Å². The van der Waals surface area contributed by atoms with Gasteiger partial charge in [-0.25, -0.2) is 0 Å². The highest BCUT2D eigenvalue weighted by atomic mass is 79.9. The molecule has 0 radical (unpaired) electrons. The average Bonchev–Trinajstić information content (AvgIpc) is 3.03. The molecule has 2 amide bonds. The molecule has 1 atom stereocenters. The number of rotatable bonds is 3. The van der Waals surface area contributed by atoms with Crippen LogP contribution in [-0.4, -0.2) is 70.8 Å². The number of likely N-dealkylation sites (tertiary alicyclic amines) is 1. The molecule has 0 saturated carbocycles. The smallest absolute Gasteiger partial charge is 0.222 e. The Bertz CT molecular complexity index is 1160. The van der Waals surface area contributed by atoms with Gasteiger partial charge < -0.3 is 9.80 Å². The van der Waals surface area contributed by atoms with E-state index < -0.39 is 0 Å². The molecule has 2 fully saturated rings. The van der Waals surface area contributed by atoms with Gasteiger partial charge in [-0.1, -0.05) is 17.7 Å². The van der Waals surface area contributed by atoms with E-state index in [9.17, 15) is 9.59 Å². The zero-order chi connectivity index (χ0) is 25.4. The van der Waals surface area contributed by atoms with Crippen LogP contribution >= 0.6 is 43.5 Å². The maximum Gasteiger partial charge on any atom is 0.222 e. The van der Waals surface area contributed by atoms with Gasteiger partial charge in [0, 0.05) is 67.8 Å². The summed E-state index contributed by atoms with van der Waals surface area (Å²) in [7, 11) is 0. The Labute approximate surface area is 234 Å². The summed E-state index contributed by atoms with van der Waals surface area (Å²) in [5.74, 6) is 0.749. The first-order valence-electron chi connectivity index (χ1n) is 12.7. The summed E-state index contributed by atoms with van der Waals surface area (Å²) < 4.78 is 1.97. The zero-order valence-corrected chi connectivity index (χ0v) is 24.4. The molecule has 3 aliphatic rings. The van der Waals surface area contributed by atoms with E-state index in [-0.39, 0.29) is 17.9 Å². The van der Waals surface area contributed by atoms with Gasteiger partial charge in [0.05, 0.1) is 16.8 Å². The lowest BCUT2D eigenvalue weighted by molar-refractivity contribution is -0.135. The molecule has 0 spiro atoms. The Hall–Kier alpha value is -1.48. The quantitative estimate of drug-likeness (QED) is 0.462. The van der Waals surface area contributed by atoms with Gasteiger partial charge in [0.25, 0.3) is 0 Å². The molecule has 1 aromatic carbocycles. The van der Waals surface area contributed by atoms with Crippen molar-refractivity contribution in [1.82, 2.24) is 19.7 Å². The van der Waals surface area contributed by atoms with Crippen LogP contribution in [0.5, 0.6) is 0 Å². The van der Waals surface area contributed by atoms with Crippen LogP contribution in [0.2, 0.25) is 5.02 Å². The number of amides is 2. The van der Waals surface area contributed by atoms with E-state index in [1.54, 1.807) is 6.92 Å². The largest absolute Gasteiger partial charge is 0.343 e. The van der Waals surface area contributed by atoms with E-state index in [1.807, 2.05) is 22.1 Å². The summed E-state index contributed by atoms with van der Waals surface area (Å²) in [4.78, 5) is 36.0. The number of aromatic nitrogens is 1. The first-order chi connectivity index (χ1) is 17.3. The number of nitrogens with zero attached hydrogens (tertiary/aromatic N) is 4. The molecule has 5 rings (SSSR count). The molecule has 6 nitrogen and oxygen atoms in total. The van der Waals surface area contributed by atoms with Crippen LogP contribution < -0.4 is 0 Å². The molecule has 9 heteroatoms.